The first-order valence-electron chi connectivity index (χ1n) is 22.0. The van der Waals surface area contributed by atoms with Gasteiger partial charge in [0.2, 0.25) is 27.8 Å². The lowest BCUT2D eigenvalue weighted by Crippen LogP contribution is -2.53. The Morgan fingerprint density at radius 1 is 0.855 bits per heavy atom. The molecule has 5 heterocycles. The Labute approximate surface area is 369 Å². The zero-order chi connectivity index (χ0) is 43.0. The van der Waals surface area contributed by atoms with Crippen molar-refractivity contribution >= 4 is 68.0 Å². The van der Waals surface area contributed by atoms with E-state index in [0.717, 1.165) is 74.6 Å². The van der Waals surface area contributed by atoms with Crippen molar-refractivity contribution in [2.45, 2.75) is 69.2 Å². The van der Waals surface area contributed by atoms with E-state index in [1.165, 1.54) is 48.1 Å². The van der Waals surface area contributed by atoms with Gasteiger partial charge in [0, 0.05) is 76.6 Å². The van der Waals surface area contributed by atoms with E-state index in [1.807, 2.05) is 24.3 Å². The number of sulfonamides is 1. The molecular formula is C46H56ClN9O5S. The van der Waals surface area contributed by atoms with Crippen LogP contribution in [0, 0.1) is 5.92 Å². The highest BCUT2D eigenvalue weighted by Gasteiger charge is 2.33. The van der Waals surface area contributed by atoms with Crippen LogP contribution < -0.4 is 29.9 Å². The predicted molar refractivity (Wildman–Crippen MR) is 244 cm³/mol. The van der Waals surface area contributed by atoms with Crippen LogP contribution in [0.2, 0.25) is 5.02 Å². The van der Waals surface area contributed by atoms with Crippen LogP contribution in [-0.2, 0) is 26.0 Å². The summed E-state index contributed by atoms with van der Waals surface area (Å²) >= 11 is 6.54. The van der Waals surface area contributed by atoms with Gasteiger partial charge in [-0.15, -0.1) is 0 Å². The Morgan fingerprint density at radius 3 is 2.37 bits per heavy atom. The minimum atomic E-state index is -3.45. The molecule has 0 bridgehead atoms. The smallest absolute Gasteiger partial charge is 0.234 e. The number of imide groups is 1. The van der Waals surface area contributed by atoms with E-state index >= 15 is 0 Å². The number of amides is 2. The molecule has 62 heavy (non-hydrogen) atoms. The van der Waals surface area contributed by atoms with Crippen LogP contribution in [0.5, 0.6) is 5.75 Å². The van der Waals surface area contributed by atoms with Gasteiger partial charge < -0.3 is 25.2 Å². The van der Waals surface area contributed by atoms with Gasteiger partial charge in [-0.05, 0) is 91.7 Å². The van der Waals surface area contributed by atoms with Crippen LogP contribution in [0.15, 0.2) is 66.9 Å². The molecule has 3 atom stereocenters. The number of benzene rings is 3. The van der Waals surface area contributed by atoms with Crippen molar-refractivity contribution in [2.75, 3.05) is 85.6 Å². The summed E-state index contributed by atoms with van der Waals surface area (Å²) < 4.78 is 32.3. The molecule has 2 amide bonds. The number of anilines is 6. The average Bonchev–Trinajstić information content (AvgIpc) is 3.94. The fourth-order valence-electron chi connectivity index (χ4n) is 10.3. The fourth-order valence-corrected chi connectivity index (χ4v) is 11.4. The van der Waals surface area contributed by atoms with Crippen LogP contribution in [0.4, 0.5) is 34.5 Å². The summed E-state index contributed by atoms with van der Waals surface area (Å²) in [6, 6.07) is 21.0. The second-order valence-corrected chi connectivity index (χ2v) is 19.8. The van der Waals surface area contributed by atoms with Gasteiger partial charge in [0.05, 0.1) is 42.5 Å². The van der Waals surface area contributed by atoms with E-state index in [9.17, 15) is 18.0 Å². The molecule has 4 aromatic rings. The summed E-state index contributed by atoms with van der Waals surface area (Å²) in [5.41, 5.74) is 6.38. The highest BCUT2D eigenvalue weighted by atomic mass is 35.5. The Balaban J connectivity index is 0.742. The molecular weight excluding hydrogens is 826 g/mol. The maximum Gasteiger partial charge on any atom is 0.234 e. The number of halogens is 1. The summed E-state index contributed by atoms with van der Waals surface area (Å²) in [6.07, 6.45) is 10.3. The number of fused-ring (bicyclic) bond motifs is 1. The molecule has 3 N–H and O–H groups in total. The number of nitrogens with one attached hydrogen (secondary N) is 3. The summed E-state index contributed by atoms with van der Waals surface area (Å²) in [5, 5.41) is 9.34. The minimum absolute atomic E-state index is 0.169. The van der Waals surface area contributed by atoms with Crippen LogP contribution in [-0.4, -0.2) is 112 Å². The molecule has 2 unspecified atom stereocenters. The largest absolute Gasteiger partial charge is 0.494 e. The van der Waals surface area contributed by atoms with Gasteiger partial charge in [-0.1, -0.05) is 48.0 Å². The number of ether oxygens (including phenoxy) is 1. The van der Waals surface area contributed by atoms with Crippen molar-refractivity contribution in [3.05, 3.63) is 88.6 Å². The molecule has 9 rings (SSSR count). The van der Waals surface area contributed by atoms with Crippen LogP contribution in [0.25, 0.3) is 0 Å². The van der Waals surface area contributed by atoms with Crippen LogP contribution in [0.1, 0.15) is 73.5 Å². The van der Waals surface area contributed by atoms with Crippen LogP contribution in [0.3, 0.4) is 0 Å². The molecule has 0 radical (unpaired) electrons. The average molecular weight is 883 g/mol. The molecule has 1 aromatic heterocycles. The van der Waals surface area contributed by atoms with E-state index in [-0.39, 0.29) is 17.7 Å². The SMILES string of the molecule is COc1cc(N2CCC(N3CCN(C[C@@H]4CCC(c5ccc(C6CCC(=O)NC6=O)cc5)C4)CC3)CC2)ccc1Nc1ncc(Cl)c(Nc2cccc3c2N(S(C)(=O)=O)CC3)n1. The lowest BCUT2D eigenvalue weighted by Gasteiger charge is -2.43. The summed E-state index contributed by atoms with van der Waals surface area (Å²) in [6.45, 7) is 8.01. The number of methoxy groups -OCH3 is 1. The second kappa shape index (κ2) is 18.0. The number of rotatable bonds is 12. The maximum absolute atomic E-state index is 12.5. The van der Waals surface area contributed by atoms with Crippen molar-refractivity contribution < 1.29 is 22.7 Å². The first kappa shape index (κ1) is 42.3. The van der Waals surface area contributed by atoms with Gasteiger partial charge in [-0.2, -0.15) is 4.98 Å². The molecule has 5 aliphatic rings. The van der Waals surface area contributed by atoms with Crippen molar-refractivity contribution in [1.82, 2.24) is 25.1 Å². The Morgan fingerprint density at radius 2 is 1.63 bits per heavy atom. The van der Waals surface area contributed by atoms with E-state index in [4.69, 9.17) is 16.3 Å². The zero-order valence-electron chi connectivity index (χ0n) is 35.5. The Hall–Kier alpha value is -4.96. The van der Waals surface area contributed by atoms with Gasteiger partial charge in [-0.3, -0.25) is 24.1 Å². The number of para-hydroxylation sites is 1. The number of carbonyl (C=O) groups is 2. The molecule has 14 nitrogen and oxygen atoms in total. The lowest BCUT2D eigenvalue weighted by molar-refractivity contribution is -0.134. The number of piperazine rings is 1. The maximum atomic E-state index is 12.5. The molecule has 328 valence electrons. The van der Waals surface area contributed by atoms with Crippen molar-refractivity contribution in [3.63, 3.8) is 0 Å². The Bertz CT molecular complexity index is 2400. The second-order valence-electron chi connectivity index (χ2n) is 17.5. The first-order valence-corrected chi connectivity index (χ1v) is 24.2. The van der Waals surface area contributed by atoms with E-state index < -0.39 is 10.0 Å². The highest BCUT2D eigenvalue weighted by Crippen LogP contribution is 2.41. The lowest BCUT2D eigenvalue weighted by atomic mass is 9.88. The molecule has 1 saturated carbocycles. The number of carbonyl (C=O) groups excluding carboxylic acids is 2. The van der Waals surface area contributed by atoms with Crippen molar-refractivity contribution in [2.24, 2.45) is 5.92 Å². The van der Waals surface area contributed by atoms with E-state index in [1.54, 1.807) is 7.11 Å². The van der Waals surface area contributed by atoms with Crippen molar-refractivity contribution in [3.8, 4) is 5.75 Å². The third-order valence-corrected chi connectivity index (χ3v) is 15.1. The van der Waals surface area contributed by atoms with Gasteiger partial charge in [0.1, 0.15) is 10.8 Å². The quantitative estimate of drug-likeness (QED) is 0.131. The van der Waals surface area contributed by atoms with Crippen LogP contribution >= 0.6 is 11.6 Å². The molecule has 1 aliphatic carbocycles. The van der Waals surface area contributed by atoms with Gasteiger partial charge >= 0.3 is 0 Å². The zero-order valence-corrected chi connectivity index (χ0v) is 37.1. The minimum Gasteiger partial charge on any atom is -0.494 e. The molecule has 4 aliphatic heterocycles. The number of hydrogen-bond donors (Lipinski definition) is 3. The molecule has 4 fully saturated rings. The predicted octanol–water partition coefficient (Wildman–Crippen LogP) is 6.64. The van der Waals surface area contributed by atoms with Gasteiger partial charge in [0.25, 0.3) is 0 Å². The first-order chi connectivity index (χ1) is 30.0. The number of piperidine rings is 2. The highest BCUT2D eigenvalue weighted by molar-refractivity contribution is 7.92. The van der Waals surface area contributed by atoms with Crippen molar-refractivity contribution in [1.29, 1.82) is 0 Å². The molecule has 3 saturated heterocycles. The van der Waals surface area contributed by atoms with Gasteiger partial charge in [0.15, 0.2) is 5.82 Å². The fraction of sp³-hybridized carbons (Fsp3) is 0.478. The third-order valence-electron chi connectivity index (χ3n) is 13.6. The Kier molecular flexibility index (Phi) is 12.3. The molecule has 3 aromatic carbocycles. The molecule has 0 spiro atoms. The summed E-state index contributed by atoms with van der Waals surface area (Å²) in [7, 11) is -1.79. The third kappa shape index (κ3) is 9.22. The summed E-state index contributed by atoms with van der Waals surface area (Å²) in [5.74, 6) is 2.08. The normalized spacial score (nSPS) is 22.7. The number of nitrogens with zero attached hydrogens (tertiary/aromatic N) is 6. The topological polar surface area (TPSA) is 152 Å². The van der Waals surface area contributed by atoms with E-state index in [0.29, 0.717) is 77.6 Å². The van der Waals surface area contributed by atoms with E-state index in [2.05, 4.69) is 77.0 Å². The molecule has 16 heteroatoms. The number of aromatic nitrogens is 2. The number of hydrogen-bond acceptors (Lipinski definition) is 12. The standard InChI is InChI=1S/C46H56ClN9O5S/c1-61-41-27-36(12-14-39(41)50-46-48-28-38(47)44(52-46)49-40-5-3-4-33-16-21-56(43(33)40)62(2,59)60)54-19-17-35(18-20-54)55-24-22-53(23-25-55)29-30-6-7-34(26-30)31-8-10-32(11-9-31)37-13-15-42(57)51-45(37)58/h3-5,8-12,14,27-28,30,34-35,37H,6-7,13,15-26,29H2,1-2H3,(H,51,57,58)(H2,48,49,50,52)/t30-,34?,37?/m1/s1. The van der Waals surface area contributed by atoms with Gasteiger partial charge in [-0.25, -0.2) is 13.4 Å². The summed E-state index contributed by atoms with van der Waals surface area (Å²) in [4.78, 5) is 40.8. The monoisotopic (exact) mass is 881 g/mol.